The minimum absolute atomic E-state index is 0.101. The van der Waals surface area contributed by atoms with Crippen molar-refractivity contribution >= 4 is 23.5 Å². The van der Waals surface area contributed by atoms with Gasteiger partial charge in [0, 0.05) is 12.5 Å². The van der Waals surface area contributed by atoms with Crippen LogP contribution in [0.1, 0.15) is 25.7 Å². The van der Waals surface area contributed by atoms with Gasteiger partial charge in [-0.3, -0.25) is 9.80 Å². The van der Waals surface area contributed by atoms with Crippen molar-refractivity contribution in [2.75, 3.05) is 13.7 Å². The zero-order valence-electron chi connectivity index (χ0n) is 16.8. The SMILES string of the molecule is COC(=O)[C@@H]1O[C@@H]2CO[C@H](c3ccccc3)O[C@@H]2[C@H](N(N=N)C(C)Cl)[C@H]1OC(C)=O. The second kappa shape index (κ2) is 9.69. The Balaban J connectivity index is 2.00. The Morgan fingerprint density at radius 1 is 1.30 bits per heavy atom. The molecule has 0 aliphatic carbocycles. The summed E-state index contributed by atoms with van der Waals surface area (Å²) in [4.78, 5) is 24.2. The van der Waals surface area contributed by atoms with Crippen LogP contribution in [0, 0.1) is 5.53 Å². The Morgan fingerprint density at radius 3 is 2.57 bits per heavy atom. The molecule has 0 spiro atoms. The number of nitrogens with one attached hydrogen (secondary N) is 1. The average Bonchev–Trinajstić information content (AvgIpc) is 2.74. The lowest BCUT2D eigenvalue weighted by molar-refractivity contribution is -0.319. The van der Waals surface area contributed by atoms with E-state index in [2.05, 4.69) is 5.22 Å². The highest BCUT2D eigenvalue weighted by Gasteiger charge is 2.56. The maximum absolute atomic E-state index is 12.4. The van der Waals surface area contributed by atoms with Crippen LogP contribution in [0.5, 0.6) is 0 Å². The molecule has 0 saturated carbocycles. The first kappa shape index (κ1) is 22.4. The van der Waals surface area contributed by atoms with Gasteiger partial charge in [-0.25, -0.2) is 4.79 Å². The van der Waals surface area contributed by atoms with Gasteiger partial charge in [0.2, 0.25) is 0 Å². The van der Waals surface area contributed by atoms with Crippen molar-refractivity contribution in [1.29, 1.82) is 5.53 Å². The van der Waals surface area contributed by atoms with Crippen LogP contribution in [0.3, 0.4) is 0 Å². The van der Waals surface area contributed by atoms with Crippen molar-refractivity contribution in [3.8, 4) is 0 Å². The summed E-state index contributed by atoms with van der Waals surface area (Å²) < 4.78 is 28.1. The highest BCUT2D eigenvalue weighted by Crippen LogP contribution is 2.38. The summed E-state index contributed by atoms with van der Waals surface area (Å²) in [5.41, 5.74) is 7.64. The van der Waals surface area contributed by atoms with Crippen LogP contribution in [0.15, 0.2) is 35.6 Å². The summed E-state index contributed by atoms with van der Waals surface area (Å²) in [6, 6.07) is 8.38. The number of hydrogen-bond acceptors (Lipinski definition) is 9. The van der Waals surface area contributed by atoms with E-state index in [4.69, 9.17) is 40.8 Å². The largest absolute Gasteiger partial charge is 0.467 e. The normalized spacial score (nSPS) is 31.7. The molecule has 0 amide bonds. The lowest BCUT2D eigenvalue weighted by atomic mass is 9.90. The smallest absolute Gasteiger partial charge is 0.339 e. The minimum Gasteiger partial charge on any atom is -0.467 e. The van der Waals surface area contributed by atoms with Crippen LogP contribution < -0.4 is 0 Å². The molecule has 0 aromatic heterocycles. The van der Waals surface area contributed by atoms with Gasteiger partial charge in [0.15, 0.2) is 18.5 Å². The third-order valence-electron chi connectivity index (χ3n) is 4.94. The van der Waals surface area contributed by atoms with Crippen molar-refractivity contribution < 1.29 is 33.3 Å². The van der Waals surface area contributed by atoms with Gasteiger partial charge in [0.05, 0.1) is 13.7 Å². The highest BCUT2D eigenvalue weighted by atomic mass is 35.5. The van der Waals surface area contributed by atoms with Gasteiger partial charge in [-0.1, -0.05) is 47.2 Å². The molecule has 2 saturated heterocycles. The molecule has 1 aromatic rings. The Kier molecular flexibility index (Phi) is 7.24. The molecule has 0 bridgehead atoms. The molecule has 1 unspecified atom stereocenters. The molecule has 10 nitrogen and oxygen atoms in total. The molecule has 2 fully saturated rings. The fraction of sp³-hybridized carbons (Fsp3) is 0.579. The number of alkyl halides is 1. The van der Waals surface area contributed by atoms with Gasteiger partial charge >= 0.3 is 11.9 Å². The maximum atomic E-state index is 12.4. The van der Waals surface area contributed by atoms with Gasteiger partial charge in [0.1, 0.15) is 23.8 Å². The van der Waals surface area contributed by atoms with E-state index in [1.807, 2.05) is 30.3 Å². The summed E-state index contributed by atoms with van der Waals surface area (Å²) in [6.07, 6.45) is -4.61. The number of methoxy groups -OCH3 is 1. The molecule has 2 aliphatic rings. The van der Waals surface area contributed by atoms with Crippen molar-refractivity contribution in [2.24, 2.45) is 5.22 Å². The van der Waals surface area contributed by atoms with Gasteiger partial charge in [-0.05, 0) is 6.92 Å². The zero-order valence-corrected chi connectivity index (χ0v) is 17.5. The monoisotopic (exact) mass is 441 g/mol. The minimum atomic E-state index is -1.26. The first-order valence-corrected chi connectivity index (χ1v) is 9.83. The number of rotatable bonds is 6. The van der Waals surface area contributed by atoms with Crippen LogP contribution in [-0.2, 0) is 33.3 Å². The number of esters is 2. The predicted octanol–water partition coefficient (Wildman–Crippen LogP) is 2.17. The van der Waals surface area contributed by atoms with E-state index >= 15 is 0 Å². The molecule has 2 aliphatic heterocycles. The molecular formula is C19H24ClN3O7. The van der Waals surface area contributed by atoms with E-state index in [-0.39, 0.29) is 6.61 Å². The van der Waals surface area contributed by atoms with Gasteiger partial charge in [-0.2, -0.15) is 5.53 Å². The molecular weight excluding hydrogens is 418 g/mol. The summed E-state index contributed by atoms with van der Waals surface area (Å²) >= 11 is 6.25. The quantitative estimate of drug-likeness (QED) is 0.234. The van der Waals surface area contributed by atoms with Crippen LogP contribution in [0.4, 0.5) is 0 Å². The zero-order chi connectivity index (χ0) is 21.8. The number of halogens is 1. The maximum Gasteiger partial charge on any atom is 0.339 e. The van der Waals surface area contributed by atoms with E-state index < -0.39 is 54.2 Å². The number of benzene rings is 1. The number of carbonyl (C=O) groups is 2. The van der Waals surface area contributed by atoms with Gasteiger partial charge in [0.25, 0.3) is 0 Å². The van der Waals surface area contributed by atoms with Crippen molar-refractivity contribution in [3.63, 3.8) is 0 Å². The number of hydrogen-bond donors (Lipinski definition) is 1. The molecule has 30 heavy (non-hydrogen) atoms. The molecule has 0 radical (unpaired) electrons. The van der Waals surface area contributed by atoms with E-state index in [0.29, 0.717) is 0 Å². The molecule has 1 N–H and O–H groups in total. The molecule has 3 rings (SSSR count). The Hall–Kier alpha value is -2.27. The average molecular weight is 442 g/mol. The number of carbonyl (C=O) groups excluding carboxylic acids is 2. The number of ether oxygens (including phenoxy) is 5. The van der Waals surface area contributed by atoms with E-state index in [1.54, 1.807) is 6.92 Å². The van der Waals surface area contributed by atoms with Crippen LogP contribution in [0.25, 0.3) is 0 Å². The van der Waals surface area contributed by atoms with Crippen LogP contribution in [0.2, 0.25) is 0 Å². The fourth-order valence-electron chi connectivity index (χ4n) is 3.69. The predicted molar refractivity (Wildman–Crippen MR) is 102 cm³/mol. The highest BCUT2D eigenvalue weighted by molar-refractivity contribution is 6.20. The Morgan fingerprint density at radius 2 is 2.00 bits per heavy atom. The second-order valence-corrected chi connectivity index (χ2v) is 7.55. The third kappa shape index (κ3) is 4.56. The summed E-state index contributed by atoms with van der Waals surface area (Å²) in [5.74, 6) is -1.37. The molecule has 7 atom stereocenters. The van der Waals surface area contributed by atoms with Crippen LogP contribution >= 0.6 is 11.6 Å². The second-order valence-electron chi connectivity index (χ2n) is 6.91. The first-order chi connectivity index (χ1) is 14.4. The van der Waals surface area contributed by atoms with E-state index in [0.717, 1.165) is 5.56 Å². The number of nitrogens with zero attached hydrogens (tertiary/aromatic N) is 2. The van der Waals surface area contributed by atoms with E-state index in [1.165, 1.54) is 19.0 Å². The van der Waals surface area contributed by atoms with E-state index in [9.17, 15) is 9.59 Å². The lowest BCUT2D eigenvalue weighted by Crippen LogP contribution is -2.68. The van der Waals surface area contributed by atoms with Crippen molar-refractivity contribution in [1.82, 2.24) is 5.01 Å². The van der Waals surface area contributed by atoms with Gasteiger partial charge in [-0.15, -0.1) is 0 Å². The van der Waals surface area contributed by atoms with Crippen LogP contribution in [-0.4, -0.2) is 66.6 Å². The Bertz CT molecular complexity index is 766. The lowest BCUT2D eigenvalue weighted by Gasteiger charge is -2.50. The molecule has 1 aromatic carbocycles. The topological polar surface area (TPSA) is 120 Å². The first-order valence-electron chi connectivity index (χ1n) is 9.39. The standard InChI is InChI=1S/C19H24ClN3O7/c1-10(20)23(22-21)14-15-13(9-27-19(30-15)12-7-5-4-6-8-12)29-17(18(25)26-3)16(14)28-11(2)24/h4-8,10,13-17,19,21H,9H2,1-3H3/t10?,13-,14+,15+,16-,17-,19+/m1/s1. The summed E-state index contributed by atoms with van der Waals surface area (Å²) in [7, 11) is 1.20. The number of fused-ring (bicyclic) bond motifs is 1. The fourth-order valence-corrected chi connectivity index (χ4v) is 3.87. The third-order valence-corrected chi connectivity index (χ3v) is 5.14. The van der Waals surface area contributed by atoms with Gasteiger partial charge < -0.3 is 23.7 Å². The Labute approximate surface area is 178 Å². The molecule has 11 heteroatoms. The van der Waals surface area contributed by atoms with Crippen molar-refractivity contribution in [3.05, 3.63) is 35.9 Å². The summed E-state index contributed by atoms with van der Waals surface area (Å²) in [6.45, 7) is 2.92. The van der Waals surface area contributed by atoms with Crippen molar-refractivity contribution in [2.45, 2.75) is 56.1 Å². The molecule has 164 valence electrons. The summed E-state index contributed by atoms with van der Waals surface area (Å²) in [5, 5.41) is 4.73. The molecule has 2 heterocycles.